The van der Waals surface area contributed by atoms with E-state index in [2.05, 4.69) is 31.3 Å². The number of nitrogens with one attached hydrogen (secondary N) is 1. The Morgan fingerprint density at radius 1 is 1.24 bits per heavy atom. The van der Waals surface area contributed by atoms with Gasteiger partial charge in [0.05, 0.1) is 12.0 Å². The summed E-state index contributed by atoms with van der Waals surface area (Å²) in [6.45, 7) is 4.99. The molecule has 1 unspecified atom stereocenters. The molecule has 116 valence electrons. The van der Waals surface area contributed by atoms with E-state index in [-0.39, 0.29) is 12.3 Å². The minimum atomic E-state index is -0.760. The molecule has 1 amide bonds. The molecule has 2 N–H and O–H groups in total. The van der Waals surface area contributed by atoms with E-state index >= 15 is 0 Å². The van der Waals surface area contributed by atoms with Crippen molar-refractivity contribution in [3.05, 3.63) is 35.9 Å². The van der Waals surface area contributed by atoms with Crippen LogP contribution in [-0.2, 0) is 4.79 Å². The second kappa shape index (κ2) is 7.08. The van der Waals surface area contributed by atoms with Crippen molar-refractivity contribution < 1.29 is 9.90 Å². The highest BCUT2D eigenvalue weighted by Gasteiger charge is 2.33. The summed E-state index contributed by atoms with van der Waals surface area (Å²) in [7, 11) is 0. The molecule has 1 aromatic carbocycles. The van der Waals surface area contributed by atoms with Crippen molar-refractivity contribution in [1.82, 2.24) is 5.32 Å². The van der Waals surface area contributed by atoms with Crippen LogP contribution in [0, 0.1) is 5.92 Å². The van der Waals surface area contributed by atoms with Crippen LogP contribution in [-0.4, -0.2) is 23.2 Å². The summed E-state index contributed by atoms with van der Waals surface area (Å²) in [5.74, 6) is 0.747. The van der Waals surface area contributed by atoms with Gasteiger partial charge in [-0.15, -0.1) is 0 Å². The van der Waals surface area contributed by atoms with Crippen molar-refractivity contribution in [2.75, 3.05) is 6.54 Å². The van der Waals surface area contributed by atoms with Gasteiger partial charge in [0.1, 0.15) is 0 Å². The zero-order chi connectivity index (χ0) is 15.3. The molecule has 0 saturated heterocycles. The van der Waals surface area contributed by atoms with Gasteiger partial charge in [-0.05, 0) is 24.3 Å². The number of benzene rings is 1. The van der Waals surface area contributed by atoms with Crippen LogP contribution in [0.15, 0.2) is 30.3 Å². The Balaban J connectivity index is 1.89. The van der Waals surface area contributed by atoms with Gasteiger partial charge in [-0.25, -0.2) is 0 Å². The monoisotopic (exact) mass is 289 g/mol. The SMILES string of the molecule is CC(C)C(CNC(=O)CC1(O)CCCC1)c1ccccc1. The standard InChI is InChI=1S/C18H27NO2/c1-14(2)16(15-8-4-3-5-9-15)13-19-17(20)12-18(21)10-6-7-11-18/h3-5,8-9,14,16,21H,6-7,10-13H2,1-2H3,(H,19,20). The summed E-state index contributed by atoms with van der Waals surface area (Å²) in [5.41, 5.74) is 0.497. The highest BCUT2D eigenvalue weighted by atomic mass is 16.3. The van der Waals surface area contributed by atoms with E-state index in [4.69, 9.17) is 0 Å². The molecule has 0 bridgehead atoms. The lowest BCUT2D eigenvalue weighted by molar-refractivity contribution is -0.126. The zero-order valence-electron chi connectivity index (χ0n) is 13.1. The van der Waals surface area contributed by atoms with E-state index in [0.717, 1.165) is 25.7 Å². The fourth-order valence-electron chi connectivity index (χ4n) is 3.23. The second-order valence-corrected chi connectivity index (χ2v) is 6.67. The molecule has 1 fully saturated rings. The van der Waals surface area contributed by atoms with E-state index in [0.29, 0.717) is 18.4 Å². The first-order chi connectivity index (χ1) is 10.0. The molecule has 1 saturated carbocycles. The van der Waals surface area contributed by atoms with Crippen LogP contribution in [0.2, 0.25) is 0 Å². The van der Waals surface area contributed by atoms with Gasteiger partial charge in [0.15, 0.2) is 0 Å². The first-order valence-corrected chi connectivity index (χ1v) is 8.04. The summed E-state index contributed by atoms with van der Waals surface area (Å²) in [6.07, 6.45) is 3.82. The highest BCUT2D eigenvalue weighted by Crippen LogP contribution is 2.32. The lowest BCUT2D eigenvalue weighted by atomic mass is 9.88. The van der Waals surface area contributed by atoms with Crippen molar-refractivity contribution in [2.45, 2.75) is 57.5 Å². The number of hydrogen-bond acceptors (Lipinski definition) is 2. The molecule has 0 aromatic heterocycles. The first-order valence-electron chi connectivity index (χ1n) is 8.04. The zero-order valence-corrected chi connectivity index (χ0v) is 13.1. The third kappa shape index (κ3) is 4.57. The predicted octanol–water partition coefficient (Wildman–Crippen LogP) is 3.24. The van der Waals surface area contributed by atoms with Gasteiger partial charge in [-0.1, -0.05) is 57.0 Å². The average Bonchev–Trinajstić information content (AvgIpc) is 2.86. The Morgan fingerprint density at radius 2 is 1.86 bits per heavy atom. The van der Waals surface area contributed by atoms with E-state index in [1.807, 2.05) is 18.2 Å². The van der Waals surface area contributed by atoms with Crippen LogP contribution in [0.25, 0.3) is 0 Å². The molecule has 1 aliphatic carbocycles. The molecule has 3 heteroatoms. The van der Waals surface area contributed by atoms with Crippen molar-refractivity contribution in [2.24, 2.45) is 5.92 Å². The van der Waals surface area contributed by atoms with Crippen LogP contribution in [0.4, 0.5) is 0 Å². The predicted molar refractivity (Wildman–Crippen MR) is 85.1 cm³/mol. The molecular weight excluding hydrogens is 262 g/mol. The Bertz CT molecular complexity index is 450. The summed E-state index contributed by atoms with van der Waals surface area (Å²) in [4.78, 5) is 12.1. The highest BCUT2D eigenvalue weighted by molar-refractivity contribution is 5.77. The number of carbonyl (C=O) groups is 1. The van der Waals surface area contributed by atoms with Gasteiger partial charge in [0.25, 0.3) is 0 Å². The van der Waals surface area contributed by atoms with Gasteiger partial charge in [0, 0.05) is 12.5 Å². The van der Waals surface area contributed by atoms with E-state index in [1.165, 1.54) is 5.56 Å². The van der Waals surface area contributed by atoms with Crippen molar-refractivity contribution >= 4 is 5.91 Å². The molecule has 1 atom stereocenters. The van der Waals surface area contributed by atoms with E-state index in [9.17, 15) is 9.90 Å². The molecule has 0 radical (unpaired) electrons. The van der Waals surface area contributed by atoms with Crippen LogP contribution >= 0.6 is 0 Å². The maximum atomic E-state index is 12.1. The first kappa shape index (κ1) is 16.0. The summed E-state index contributed by atoms with van der Waals surface area (Å²) < 4.78 is 0. The number of hydrogen-bond donors (Lipinski definition) is 2. The quantitative estimate of drug-likeness (QED) is 0.844. The summed E-state index contributed by atoms with van der Waals surface area (Å²) >= 11 is 0. The largest absolute Gasteiger partial charge is 0.389 e. The van der Waals surface area contributed by atoms with Crippen molar-refractivity contribution in [3.63, 3.8) is 0 Å². The maximum Gasteiger partial charge on any atom is 0.222 e. The lowest BCUT2D eigenvalue weighted by Gasteiger charge is -2.24. The number of aliphatic hydroxyl groups is 1. The normalized spacial score (nSPS) is 18.7. The van der Waals surface area contributed by atoms with Crippen LogP contribution < -0.4 is 5.32 Å². The Labute approximate surface area is 127 Å². The Kier molecular flexibility index (Phi) is 5.40. The maximum absolute atomic E-state index is 12.1. The smallest absolute Gasteiger partial charge is 0.222 e. The molecule has 2 rings (SSSR count). The van der Waals surface area contributed by atoms with Gasteiger partial charge in [-0.3, -0.25) is 4.79 Å². The minimum Gasteiger partial charge on any atom is -0.389 e. The third-order valence-electron chi connectivity index (χ3n) is 4.58. The molecule has 1 aliphatic rings. The Hall–Kier alpha value is -1.35. The molecular formula is C18H27NO2. The van der Waals surface area contributed by atoms with Gasteiger partial charge in [-0.2, -0.15) is 0 Å². The number of rotatable bonds is 6. The third-order valence-corrected chi connectivity index (χ3v) is 4.58. The molecule has 21 heavy (non-hydrogen) atoms. The average molecular weight is 289 g/mol. The summed E-state index contributed by atoms with van der Waals surface area (Å²) in [6, 6.07) is 10.3. The molecule has 1 aromatic rings. The topological polar surface area (TPSA) is 49.3 Å². The minimum absolute atomic E-state index is 0.0269. The fourth-order valence-corrected chi connectivity index (χ4v) is 3.23. The molecule has 0 heterocycles. The fraction of sp³-hybridized carbons (Fsp3) is 0.611. The number of amides is 1. The van der Waals surface area contributed by atoms with Crippen molar-refractivity contribution in [3.8, 4) is 0 Å². The van der Waals surface area contributed by atoms with E-state index in [1.54, 1.807) is 0 Å². The van der Waals surface area contributed by atoms with Gasteiger partial charge in [0.2, 0.25) is 5.91 Å². The molecule has 3 nitrogen and oxygen atoms in total. The second-order valence-electron chi connectivity index (χ2n) is 6.67. The Morgan fingerprint density at radius 3 is 2.43 bits per heavy atom. The lowest BCUT2D eigenvalue weighted by Crippen LogP contribution is -2.37. The van der Waals surface area contributed by atoms with Crippen LogP contribution in [0.3, 0.4) is 0 Å². The summed E-state index contributed by atoms with van der Waals surface area (Å²) in [5, 5.41) is 13.3. The van der Waals surface area contributed by atoms with Crippen molar-refractivity contribution in [1.29, 1.82) is 0 Å². The number of carbonyl (C=O) groups excluding carboxylic acids is 1. The van der Waals surface area contributed by atoms with Crippen LogP contribution in [0.5, 0.6) is 0 Å². The molecule has 0 aliphatic heterocycles. The van der Waals surface area contributed by atoms with Gasteiger partial charge < -0.3 is 10.4 Å². The van der Waals surface area contributed by atoms with Gasteiger partial charge >= 0.3 is 0 Å². The van der Waals surface area contributed by atoms with Crippen LogP contribution in [0.1, 0.15) is 57.4 Å². The van der Waals surface area contributed by atoms with E-state index < -0.39 is 5.60 Å². The molecule has 0 spiro atoms.